The van der Waals surface area contributed by atoms with E-state index < -0.39 is 0 Å². The minimum atomic E-state index is 0.585. The van der Waals surface area contributed by atoms with E-state index in [0.29, 0.717) is 10.0 Å². The molecule has 20 heavy (non-hydrogen) atoms. The molecule has 0 saturated heterocycles. The normalized spacial score (nSPS) is 14.5. The van der Waals surface area contributed by atoms with Gasteiger partial charge in [-0.25, -0.2) is 4.98 Å². The zero-order valence-electron chi connectivity index (χ0n) is 10.7. The second-order valence-corrected chi connectivity index (χ2v) is 6.56. The molecule has 0 radical (unpaired) electrons. The highest BCUT2D eigenvalue weighted by atomic mass is 35.5. The highest BCUT2D eigenvalue weighted by molar-refractivity contribution is 7.15. The van der Waals surface area contributed by atoms with E-state index in [0.717, 1.165) is 23.5 Å². The number of fused-ring (bicyclic) bond motifs is 1. The van der Waals surface area contributed by atoms with Crippen molar-refractivity contribution in [3.8, 4) is 0 Å². The van der Waals surface area contributed by atoms with E-state index in [1.165, 1.54) is 23.4 Å². The maximum atomic E-state index is 6.08. The topological polar surface area (TPSA) is 37.3 Å². The van der Waals surface area contributed by atoms with Gasteiger partial charge in [-0.1, -0.05) is 29.3 Å². The number of aromatic nitrogens is 1. The number of anilines is 1. The van der Waals surface area contributed by atoms with Gasteiger partial charge in [0.05, 0.1) is 16.9 Å². The Labute approximate surface area is 131 Å². The fraction of sp³-hybridized carbons (Fsp3) is 0.286. The van der Waals surface area contributed by atoms with Gasteiger partial charge >= 0.3 is 0 Å². The molecule has 0 atom stereocenters. The number of thiazole rings is 1. The minimum Gasteiger partial charge on any atom is -0.253 e. The van der Waals surface area contributed by atoms with Crippen molar-refractivity contribution in [3.63, 3.8) is 0 Å². The number of nitrogens with zero attached hydrogens (tertiary/aromatic N) is 2. The first-order chi connectivity index (χ1) is 9.72. The van der Waals surface area contributed by atoms with E-state index in [9.17, 15) is 0 Å². The molecular formula is C14H13Cl2N3S. The summed E-state index contributed by atoms with van der Waals surface area (Å²) in [7, 11) is 0. The molecule has 104 valence electrons. The van der Waals surface area contributed by atoms with Crippen molar-refractivity contribution in [2.75, 3.05) is 5.43 Å². The first kappa shape index (κ1) is 13.9. The van der Waals surface area contributed by atoms with Crippen molar-refractivity contribution in [2.24, 2.45) is 5.10 Å². The highest BCUT2D eigenvalue weighted by Gasteiger charge is 2.14. The van der Waals surface area contributed by atoms with Crippen molar-refractivity contribution < 1.29 is 0 Å². The fourth-order valence-corrected chi connectivity index (χ4v) is 3.62. The predicted molar refractivity (Wildman–Crippen MR) is 86.4 cm³/mol. The molecular weight excluding hydrogens is 313 g/mol. The van der Waals surface area contributed by atoms with Gasteiger partial charge in [0, 0.05) is 15.5 Å². The Morgan fingerprint density at radius 3 is 2.90 bits per heavy atom. The van der Waals surface area contributed by atoms with Crippen LogP contribution in [0.4, 0.5) is 5.13 Å². The fourth-order valence-electron chi connectivity index (χ4n) is 2.16. The molecule has 1 aromatic heterocycles. The van der Waals surface area contributed by atoms with Gasteiger partial charge in [0.2, 0.25) is 5.13 Å². The smallest absolute Gasteiger partial charge is 0.203 e. The Bertz CT molecular complexity index is 628. The molecule has 0 amide bonds. The van der Waals surface area contributed by atoms with Gasteiger partial charge in [0.25, 0.3) is 0 Å². The van der Waals surface area contributed by atoms with Crippen LogP contribution in [0.1, 0.15) is 29.0 Å². The van der Waals surface area contributed by atoms with Crippen LogP contribution in [-0.2, 0) is 12.8 Å². The first-order valence-electron chi connectivity index (χ1n) is 6.45. The van der Waals surface area contributed by atoms with Gasteiger partial charge in [-0.15, -0.1) is 11.3 Å². The van der Waals surface area contributed by atoms with E-state index in [1.807, 2.05) is 6.07 Å². The molecule has 1 heterocycles. The third-order valence-electron chi connectivity index (χ3n) is 3.17. The van der Waals surface area contributed by atoms with Crippen LogP contribution in [0, 0.1) is 0 Å². The first-order valence-corrected chi connectivity index (χ1v) is 8.02. The van der Waals surface area contributed by atoms with Crippen LogP contribution in [0.2, 0.25) is 10.0 Å². The number of hydrazone groups is 1. The highest BCUT2D eigenvalue weighted by Crippen LogP contribution is 2.29. The molecule has 0 unspecified atom stereocenters. The van der Waals surface area contributed by atoms with Crippen molar-refractivity contribution >= 4 is 45.9 Å². The predicted octanol–water partition coefficient (Wildman–Crippen LogP) is 4.77. The third-order valence-corrected chi connectivity index (χ3v) is 4.80. The molecule has 1 N–H and O–H groups in total. The van der Waals surface area contributed by atoms with E-state index in [-0.39, 0.29) is 0 Å². The number of benzene rings is 1. The molecule has 3 nitrogen and oxygen atoms in total. The minimum absolute atomic E-state index is 0.585. The van der Waals surface area contributed by atoms with Crippen LogP contribution in [0.15, 0.2) is 23.3 Å². The number of hydrogen-bond donors (Lipinski definition) is 1. The lowest BCUT2D eigenvalue weighted by Gasteiger charge is -2.06. The summed E-state index contributed by atoms with van der Waals surface area (Å²) in [4.78, 5) is 5.95. The van der Waals surface area contributed by atoms with Gasteiger partial charge in [-0.05, 0) is 37.8 Å². The molecule has 1 aliphatic carbocycles. The van der Waals surface area contributed by atoms with Gasteiger partial charge in [0.1, 0.15) is 0 Å². The molecule has 1 aliphatic rings. The summed E-state index contributed by atoms with van der Waals surface area (Å²) in [6.45, 7) is 0. The molecule has 3 rings (SSSR count). The van der Waals surface area contributed by atoms with E-state index >= 15 is 0 Å². The van der Waals surface area contributed by atoms with Crippen LogP contribution < -0.4 is 5.43 Å². The summed E-state index contributed by atoms with van der Waals surface area (Å²) in [6.07, 6.45) is 6.40. The average Bonchev–Trinajstić information content (AvgIpc) is 2.84. The summed E-state index contributed by atoms with van der Waals surface area (Å²) in [6, 6.07) is 5.33. The second kappa shape index (κ2) is 6.12. The second-order valence-electron chi connectivity index (χ2n) is 4.63. The lowest BCUT2D eigenvalue weighted by Crippen LogP contribution is -1.99. The zero-order chi connectivity index (χ0) is 13.9. The molecule has 0 bridgehead atoms. The zero-order valence-corrected chi connectivity index (χ0v) is 13.0. The van der Waals surface area contributed by atoms with Crippen molar-refractivity contribution in [3.05, 3.63) is 44.4 Å². The Kier molecular flexibility index (Phi) is 4.24. The van der Waals surface area contributed by atoms with Gasteiger partial charge in [0.15, 0.2) is 0 Å². The van der Waals surface area contributed by atoms with Crippen LogP contribution in [0.5, 0.6) is 0 Å². The summed E-state index contributed by atoms with van der Waals surface area (Å²) < 4.78 is 0. The summed E-state index contributed by atoms with van der Waals surface area (Å²) in [5, 5.41) is 6.24. The van der Waals surface area contributed by atoms with E-state index in [2.05, 4.69) is 15.5 Å². The third kappa shape index (κ3) is 3.14. The maximum Gasteiger partial charge on any atom is 0.203 e. The average molecular weight is 326 g/mol. The number of hydrogen-bond acceptors (Lipinski definition) is 4. The van der Waals surface area contributed by atoms with E-state index in [4.69, 9.17) is 23.2 Å². The number of halogens is 2. The van der Waals surface area contributed by atoms with Crippen molar-refractivity contribution in [1.82, 2.24) is 4.98 Å². The lowest BCUT2D eigenvalue weighted by atomic mass is 10.0. The van der Waals surface area contributed by atoms with Crippen molar-refractivity contribution in [2.45, 2.75) is 25.7 Å². The van der Waals surface area contributed by atoms with Crippen molar-refractivity contribution in [1.29, 1.82) is 0 Å². The van der Waals surface area contributed by atoms with Gasteiger partial charge < -0.3 is 0 Å². The van der Waals surface area contributed by atoms with Gasteiger partial charge in [-0.3, -0.25) is 5.43 Å². The summed E-state index contributed by atoms with van der Waals surface area (Å²) >= 11 is 13.6. The summed E-state index contributed by atoms with van der Waals surface area (Å²) in [5.41, 5.74) is 5.03. The largest absolute Gasteiger partial charge is 0.253 e. The van der Waals surface area contributed by atoms with Crippen LogP contribution in [0.25, 0.3) is 0 Å². The molecule has 0 saturated carbocycles. The lowest BCUT2D eigenvalue weighted by molar-refractivity contribution is 0.682. The quantitative estimate of drug-likeness (QED) is 0.651. The van der Waals surface area contributed by atoms with Gasteiger partial charge in [-0.2, -0.15) is 5.10 Å². The SMILES string of the molecule is Clc1ccc(/C=N/Nc2nc3c(s2)CCCC3)c(Cl)c1. The standard InChI is InChI=1S/C14H13Cl2N3S/c15-10-6-5-9(11(16)7-10)8-17-19-14-18-12-3-1-2-4-13(12)20-14/h5-8H,1-4H2,(H,18,19)/b17-8+. The molecule has 2 aromatic rings. The number of rotatable bonds is 3. The number of nitrogens with one attached hydrogen (secondary N) is 1. The van der Waals surface area contributed by atoms with Crippen LogP contribution in [-0.4, -0.2) is 11.2 Å². The molecule has 0 aliphatic heterocycles. The Morgan fingerprint density at radius 1 is 1.25 bits per heavy atom. The monoisotopic (exact) mass is 325 g/mol. The summed E-state index contributed by atoms with van der Waals surface area (Å²) in [5.74, 6) is 0. The van der Waals surface area contributed by atoms with Crippen LogP contribution in [0.3, 0.4) is 0 Å². The Balaban J connectivity index is 1.69. The number of aryl methyl sites for hydroxylation is 2. The molecule has 0 fully saturated rings. The molecule has 1 aromatic carbocycles. The maximum absolute atomic E-state index is 6.08. The molecule has 6 heteroatoms. The van der Waals surface area contributed by atoms with Crippen LogP contribution >= 0.6 is 34.5 Å². The van der Waals surface area contributed by atoms with E-state index in [1.54, 1.807) is 29.7 Å². The molecule has 0 spiro atoms. The Hall–Kier alpha value is -1.10. The Morgan fingerprint density at radius 2 is 2.10 bits per heavy atom.